The lowest BCUT2D eigenvalue weighted by molar-refractivity contribution is 0.0486. The van der Waals surface area contributed by atoms with E-state index >= 15 is 0 Å². The van der Waals surface area contributed by atoms with Crippen LogP contribution in [0.4, 0.5) is 0 Å². The van der Waals surface area contributed by atoms with Crippen molar-refractivity contribution in [2.24, 2.45) is 5.73 Å². The van der Waals surface area contributed by atoms with E-state index in [9.17, 15) is 0 Å². The first kappa shape index (κ1) is 13.1. The molecule has 1 aliphatic heterocycles. The molecule has 1 aliphatic rings. The maximum atomic E-state index is 5.80. The van der Waals surface area contributed by atoms with E-state index < -0.39 is 0 Å². The number of ether oxygens (including phenoxy) is 2. The minimum absolute atomic E-state index is 0.00225. The standard InChI is InChI=1S/C16H18N2O2/c1-19-16-9-11(5-7-18-16)12-3-2-4-14-13(12)6-8-20-15(14)10-17/h2-5,7,9,15H,6,8,10,17H2,1H3/t15-/m0/s1. The minimum Gasteiger partial charge on any atom is -0.481 e. The Kier molecular flexibility index (Phi) is 3.67. The summed E-state index contributed by atoms with van der Waals surface area (Å²) in [6.45, 7) is 1.23. The quantitative estimate of drug-likeness (QED) is 0.930. The molecule has 20 heavy (non-hydrogen) atoms. The van der Waals surface area contributed by atoms with Crippen LogP contribution in [0.1, 0.15) is 17.2 Å². The van der Waals surface area contributed by atoms with Crippen LogP contribution < -0.4 is 10.5 Å². The zero-order chi connectivity index (χ0) is 13.9. The molecule has 4 nitrogen and oxygen atoms in total. The lowest BCUT2D eigenvalue weighted by atomic mass is 9.90. The Morgan fingerprint density at radius 1 is 1.40 bits per heavy atom. The van der Waals surface area contributed by atoms with Crippen molar-refractivity contribution in [1.82, 2.24) is 4.98 Å². The summed E-state index contributed by atoms with van der Waals surface area (Å²) in [7, 11) is 1.63. The molecule has 0 bridgehead atoms. The van der Waals surface area contributed by atoms with Crippen LogP contribution in [0.25, 0.3) is 11.1 Å². The summed E-state index contributed by atoms with van der Waals surface area (Å²) >= 11 is 0. The Morgan fingerprint density at radius 3 is 3.10 bits per heavy atom. The number of rotatable bonds is 3. The van der Waals surface area contributed by atoms with Crippen molar-refractivity contribution < 1.29 is 9.47 Å². The third-order valence-electron chi connectivity index (χ3n) is 3.70. The van der Waals surface area contributed by atoms with Gasteiger partial charge in [0, 0.05) is 18.8 Å². The predicted octanol–water partition coefficient (Wildman–Crippen LogP) is 2.33. The van der Waals surface area contributed by atoms with E-state index in [0.29, 0.717) is 19.0 Å². The van der Waals surface area contributed by atoms with Crippen LogP contribution in [0.15, 0.2) is 36.5 Å². The highest BCUT2D eigenvalue weighted by molar-refractivity contribution is 5.70. The molecule has 0 radical (unpaired) electrons. The summed E-state index contributed by atoms with van der Waals surface area (Å²) in [5.41, 5.74) is 10.7. The predicted molar refractivity (Wildman–Crippen MR) is 77.7 cm³/mol. The number of benzene rings is 1. The Hall–Kier alpha value is -1.91. The fourth-order valence-electron chi connectivity index (χ4n) is 2.73. The van der Waals surface area contributed by atoms with Crippen LogP contribution in [-0.4, -0.2) is 25.2 Å². The first-order chi connectivity index (χ1) is 9.83. The third-order valence-corrected chi connectivity index (χ3v) is 3.70. The van der Waals surface area contributed by atoms with Crippen molar-refractivity contribution in [3.05, 3.63) is 47.7 Å². The molecule has 2 heterocycles. The van der Waals surface area contributed by atoms with E-state index in [1.54, 1.807) is 13.3 Å². The number of nitrogens with zero attached hydrogens (tertiary/aromatic N) is 1. The van der Waals surface area contributed by atoms with E-state index in [4.69, 9.17) is 15.2 Å². The maximum absolute atomic E-state index is 5.80. The first-order valence-corrected chi connectivity index (χ1v) is 6.77. The molecule has 0 spiro atoms. The molecule has 3 rings (SSSR count). The van der Waals surface area contributed by atoms with Crippen molar-refractivity contribution in [1.29, 1.82) is 0 Å². The van der Waals surface area contributed by atoms with Crippen LogP contribution in [0.5, 0.6) is 5.88 Å². The maximum Gasteiger partial charge on any atom is 0.213 e. The lowest BCUT2D eigenvalue weighted by Crippen LogP contribution is -2.23. The second-order valence-corrected chi connectivity index (χ2v) is 4.81. The summed E-state index contributed by atoms with van der Waals surface area (Å²) in [5, 5.41) is 0. The number of hydrogen-bond acceptors (Lipinski definition) is 4. The fourth-order valence-corrected chi connectivity index (χ4v) is 2.73. The van der Waals surface area contributed by atoms with Gasteiger partial charge in [0.05, 0.1) is 19.8 Å². The van der Waals surface area contributed by atoms with Gasteiger partial charge < -0.3 is 15.2 Å². The summed E-state index contributed by atoms with van der Waals surface area (Å²) in [6.07, 6.45) is 2.68. The molecule has 0 unspecified atom stereocenters. The Morgan fingerprint density at radius 2 is 2.30 bits per heavy atom. The van der Waals surface area contributed by atoms with Crippen LogP contribution in [-0.2, 0) is 11.2 Å². The van der Waals surface area contributed by atoms with Crippen molar-refractivity contribution >= 4 is 0 Å². The van der Waals surface area contributed by atoms with Crippen LogP contribution in [0.3, 0.4) is 0 Å². The highest BCUT2D eigenvalue weighted by atomic mass is 16.5. The number of hydrogen-bond donors (Lipinski definition) is 1. The molecule has 0 fully saturated rings. The van der Waals surface area contributed by atoms with Gasteiger partial charge in [-0.25, -0.2) is 4.98 Å². The van der Waals surface area contributed by atoms with Gasteiger partial charge in [0.2, 0.25) is 5.88 Å². The Balaban J connectivity index is 2.10. The van der Waals surface area contributed by atoms with E-state index in [-0.39, 0.29) is 6.10 Å². The zero-order valence-corrected chi connectivity index (χ0v) is 11.5. The van der Waals surface area contributed by atoms with E-state index in [2.05, 4.69) is 23.2 Å². The number of fused-ring (bicyclic) bond motifs is 1. The van der Waals surface area contributed by atoms with Crippen molar-refractivity contribution in [3.8, 4) is 17.0 Å². The summed E-state index contributed by atoms with van der Waals surface area (Å²) in [5.74, 6) is 0.627. The van der Waals surface area contributed by atoms with Crippen LogP contribution in [0, 0.1) is 0 Å². The molecule has 104 valence electrons. The SMILES string of the molecule is COc1cc(-c2cccc3c2CCO[C@H]3CN)ccn1. The molecule has 2 N–H and O–H groups in total. The van der Waals surface area contributed by atoms with Crippen molar-refractivity contribution in [2.45, 2.75) is 12.5 Å². The Labute approximate surface area is 118 Å². The normalized spacial score (nSPS) is 17.6. The molecule has 0 saturated heterocycles. The molecular weight excluding hydrogens is 252 g/mol. The summed E-state index contributed by atoms with van der Waals surface area (Å²) < 4.78 is 10.9. The molecule has 0 aliphatic carbocycles. The van der Waals surface area contributed by atoms with Gasteiger partial charge >= 0.3 is 0 Å². The molecule has 1 aromatic heterocycles. The highest BCUT2D eigenvalue weighted by Crippen LogP contribution is 2.34. The number of pyridine rings is 1. The molecular formula is C16H18N2O2. The average Bonchev–Trinajstić information content (AvgIpc) is 2.53. The van der Waals surface area contributed by atoms with E-state index in [1.807, 2.05) is 12.1 Å². The summed E-state index contributed by atoms with van der Waals surface area (Å²) in [6, 6.07) is 10.3. The molecule has 1 atom stereocenters. The highest BCUT2D eigenvalue weighted by Gasteiger charge is 2.22. The van der Waals surface area contributed by atoms with Crippen molar-refractivity contribution in [3.63, 3.8) is 0 Å². The van der Waals surface area contributed by atoms with Gasteiger partial charge in [0.25, 0.3) is 0 Å². The molecule has 2 aromatic rings. The smallest absolute Gasteiger partial charge is 0.213 e. The van der Waals surface area contributed by atoms with E-state index in [0.717, 1.165) is 12.0 Å². The minimum atomic E-state index is 0.00225. The molecule has 4 heteroatoms. The van der Waals surface area contributed by atoms with Crippen molar-refractivity contribution in [2.75, 3.05) is 20.3 Å². The second-order valence-electron chi connectivity index (χ2n) is 4.81. The largest absolute Gasteiger partial charge is 0.481 e. The third kappa shape index (κ3) is 2.28. The lowest BCUT2D eigenvalue weighted by Gasteiger charge is -2.27. The van der Waals surface area contributed by atoms with E-state index in [1.165, 1.54) is 16.7 Å². The van der Waals surface area contributed by atoms with Gasteiger partial charge in [-0.2, -0.15) is 0 Å². The topological polar surface area (TPSA) is 57.4 Å². The number of methoxy groups -OCH3 is 1. The molecule has 0 saturated carbocycles. The van der Waals surface area contributed by atoms with Gasteiger partial charge in [-0.3, -0.25) is 0 Å². The van der Waals surface area contributed by atoms with Gasteiger partial charge in [0.1, 0.15) is 0 Å². The monoisotopic (exact) mass is 270 g/mol. The average molecular weight is 270 g/mol. The van der Waals surface area contributed by atoms with Gasteiger partial charge in [-0.1, -0.05) is 18.2 Å². The second kappa shape index (κ2) is 5.61. The Bertz CT molecular complexity index is 613. The number of aromatic nitrogens is 1. The molecule has 0 amide bonds. The van der Waals surface area contributed by atoms with Gasteiger partial charge in [-0.15, -0.1) is 0 Å². The summed E-state index contributed by atoms with van der Waals surface area (Å²) in [4.78, 5) is 4.16. The number of nitrogens with two attached hydrogens (primary N) is 1. The van der Waals surface area contributed by atoms with Gasteiger partial charge in [-0.05, 0) is 34.7 Å². The van der Waals surface area contributed by atoms with Crippen LogP contribution >= 0.6 is 0 Å². The van der Waals surface area contributed by atoms with Crippen LogP contribution in [0.2, 0.25) is 0 Å². The zero-order valence-electron chi connectivity index (χ0n) is 11.5. The van der Waals surface area contributed by atoms with Gasteiger partial charge in [0.15, 0.2) is 0 Å². The first-order valence-electron chi connectivity index (χ1n) is 6.77. The fraction of sp³-hybridized carbons (Fsp3) is 0.312. The molecule has 1 aromatic carbocycles.